The molecule has 6 nitrogen and oxygen atoms in total. The van der Waals surface area contributed by atoms with Crippen LogP contribution in [-0.2, 0) is 24.8 Å². The third-order valence-corrected chi connectivity index (χ3v) is 9.96. The SMILES string of the molecule is COC(=O)C1Cc2c(c(-c3cccc(OC(F)F)c3)nn2C2CCOCC2)C2(C1)SCCS2. The molecule has 0 saturated carbocycles. The van der Waals surface area contributed by atoms with Crippen LogP contribution in [0, 0.1) is 5.92 Å². The van der Waals surface area contributed by atoms with Gasteiger partial charge in [-0.2, -0.15) is 13.9 Å². The fraction of sp³-hybridized carbons (Fsp3) is 0.565. The minimum absolute atomic E-state index is 0.112. The van der Waals surface area contributed by atoms with E-state index in [1.807, 2.05) is 29.6 Å². The van der Waals surface area contributed by atoms with E-state index >= 15 is 0 Å². The number of aromatic nitrogens is 2. The summed E-state index contributed by atoms with van der Waals surface area (Å²) in [7, 11) is 1.44. The van der Waals surface area contributed by atoms with Gasteiger partial charge in [0.25, 0.3) is 0 Å². The molecule has 1 aromatic carbocycles. The molecule has 0 bridgehead atoms. The summed E-state index contributed by atoms with van der Waals surface area (Å²) in [6.45, 7) is -1.55. The van der Waals surface area contributed by atoms with Gasteiger partial charge in [-0.3, -0.25) is 9.48 Å². The monoisotopic (exact) mass is 496 g/mol. The molecule has 10 heteroatoms. The molecule has 0 amide bonds. The van der Waals surface area contributed by atoms with Gasteiger partial charge >= 0.3 is 12.6 Å². The minimum Gasteiger partial charge on any atom is -0.469 e. The van der Waals surface area contributed by atoms with Crippen molar-refractivity contribution < 1.29 is 27.8 Å². The molecule has 2 aromatic rings. The second kappa shape index (κ2) is 9.46. The Kier molecular flexibility index (Phi) is 6.59. The lowest BCUT2D eigenvalue weighted by Gasteiger charge is -2.37. The van der Waals surface area contributed by atoms with Crippen LogP contribution in [0.2, 0.25) is 0 Å². The number of methoxy groups -OCH3 is 1. The number of benzene rings is 1. The van der Waals surface area contributed by atoms with Gasteiger partial charge in [-0.25, -0.2) is 0 Å². The molecular weight excluding hydrogens is 470 g/mol. The first kappa shape index (κ1) is 23.0. The van der Waals surface area contributed by atoms with Gasteiger partial charge in [0.1, 0.15) is 5.75 Å². The van der Waals surface area contributed by atoms with Gasteiger partial charge in [-0.1, -0.05) is 12.1 Å². The Hall–Kier alpha value is -1.78. The molecule has 1 atom stereocenters. The lowest BCUT2D eigenvalue weighted by molar-refractivity contribution is -0.146. The van der Waals surface area contributed by atoms with Crippen LogP contribution in [-0.4, -0.2) is 54.2 Å². The number of carbonyl (C=O) groups excluding carboxylic acids is 1. The van der Waals surface area contributed by atoms with Crippen LogP contribution in [0.5, 0.6) is 5.75 Å². The van der Waals surface area contributed by atoms with Crippen LogP contribution < -0.4 is 4.74 Å². The minimum atomic E-state index is -2.89. The van der Waals surface area contributed by atoms with Crippen LogP contribution in [0.4, 0.5) is 8.78 Å². The Morgan fingerprint density at radius 3 is 2.73 bits per heavy atom. The zero-order valence-corrected chi connectivity index (χ0v) is 19.9. The molecule has 1 spiro atoms. The highest BCUT2D eigenvalue weighted by atomic mass is 32.2. The van der Waals surface area contributed by atoms with E-state index in [1.54, 1.807) is 12.1 Å². The first-order valence-corrected chi connectivity index (χ1v) is 13.1. The number of alkyl halides is 2. The van der Waals surface area contributed by atoms with Crippen molar-refractivity contribution in [2.24, 2.45) is 5.92 Å². The molecule has 1 aromatic heterocycles. The summed E-state index contributed by atoms with van der Waals surface area (Å²) in [4.78, 5) is 12.7. The van der Waals surface area contributed by atoms with Gasteiger partial charge in [0, 0.05) is 48.0 Å². The molecule has 1 aliphatic carbocycles. The number of fused-ring (bicyclic) bond motifs is 2. The second-order valence-corrected chi connectivity index (χ2v) is 11.5. The van der Waals surface area contributed by atoms with Crippen molar-refractivity contribution in [3.05, 3.63) is 35.5 Å². The van der Waals surface area contributed by atoms with Gasteiger partial charge in [-0.15, -0.1) is 23.5 Å². The number of halogens is 2. The number of hydrogen-bond acceptors (Lipinski definition) is 7. The second-order valence-electron chi connectivity index (χ2n) is 8.44. The van der Waals surface area contributed by atoms with Gasteiger partial charge in [0.15, 0.2) is 0 Å². The Balaban J connectivity index is 1.67. The van der Waals surface area contributed by atoms with Crippen molar-refractivity contribution in [2.45, 2.75) is 42.4 Å². The average molecular weight is 497 g/mol. The fourth-order valence-electron chi connectivity index (χ4n) is 5.10. The average Bonchev–Trinajstić information content (AvgIpc) is 3.44. The molecule has 178 valence electrons. The van der Waals surface area contributed by atoms with Crippen molar-refractivity contribution >= 4 is 29.5 Å². The molecule has 2 saturated heterocycles. The molecule has 5 rings (SSSR count). The van der Waals surface area contributed by atoms with Crippen molar-refractivity contribution in [1.29, 1.82) is 0 Å². The van der Waals surface area contributed by atoms with Gasteiger partial charge < -0.3 is 14.2 Å². The highest BCUT2D eigenvalue weighted by molar-refractivity contribution is 8.20. The molecule has 0 radical (unpaired) electrons. The van der Waals surface area contributed by atoms with E-state index in [-0.39, 0.29) is 27.8 Å². The quantitative estimate of drug-likeness (QED) is 0.547. The maximum absolute atomic E-state index is 12.9. The molecule has 33 heavy (non-hydrogen) atoms. The van der Waals surface area contributed by atoms with Gasteiger partial charge in [-0.05, 0) is 31.4 Å². The van der Waals surface area contributed by atoms with Crippen LogP contribution in [0.3, 0.4) is 0 Å². The Labute approximate surface area is 199 Å². The lowest BCUT2D eigenvalue weighted by Crippen LogP contribution is -2.34. The summed E-state index contributed by atoms with van der Waals surface area (Å²) in [5.41, 5.74) is 3.72. The zero-order chi connectivity index (χ0) is 23.0. The molecule has 1 unspecified atom stereocenters. The van der Waals surface area contributed by atoms with E-state index in [0.29, 0.717) is 26.1 Å². The number of thioether (sulfide) groups is 2. The van der Waals surface area contributed by atoms with Crippen LogP contribution in [0.1, 0.15) is 36.6 Å². The molecule has 0 N–H and O–H groups in total. The lowest BCUT2D eigenvalue weighted by atomic mass is 9.84. The standard InChI is InChI=1S/C23H26F2N2O4S2/c1-29-21(28)15-12-18-19(23(13-15)32-9-10-33-23)20(26-27(18)16-5-7-30-8-6-16)14-3-2-4-17(11-14)31-22(24)25/h2-4,11,15-16,22H,5-10,12-13H2,1H3. The zero-order valence-electron chi connectivity index (χ0n) is 18.3. The predicted molar refractivity (Wildman–Crippen MR) is 124 cm³/mol. The first-order valence-electron chi connectivity index (χ1n) is 11.1. The summed E-state index contributed by atoms with van der Waals surface area (Å²) < 4.78 is 42.9. The van der Waals surface area contributed by atoms with Crippen LogP contribution >= 0.6 is 23.5 Å². The number of nitrogens with zero attached hydrogens (tertiary/aromatic N) is 2. The number of ether oxygens (including phenoxy) is 3. The summed E-state index contributed by atoms with van der Waals surface area (Å²) in [5.74, 6) is 1.64. The summed E-state index contributed by atoms with van der Waals surface area (Å²) >= 11 is 3.70. The Morgan fingerprint density at radius 1 is 1.27 bits per heavy atom. The summed E-state index contributed by atoms with van der Waals surface area (Å²) in [5, 5.41) is 5.08. The number of esters is 1. The topological polar surface area (TPSA) is 62.6 Å². The normalized spacial score (nSPS) is 22.5. The van der Waals surface area contributed by atoms with Gasteiger partial charge in [0.05, 0.1) is 28.8 Å². The van der Waals surface area contributed by atoms with E-state index in [2.05, 4.69) is 9.42 Å². The fourth-order valence-corrected chi connectivity index (χ4v) is 8.62. The Bertz CT molecular complexity index is 1020. The molecule has 3 heterocycles. The number of carbonyl (C=O) groups is 1. The van der Waals surface area contributed by atoms with E-state index in [4.69, 9.17) is 14.6 Å². The Morgan fingerprint density at radius 2 is 2.03 bits per heavy atom. The van der Waals surface area contributed by atoms with Crippen molar-refractivity contribution in [3.8, 4) is 17.0 Å². The third-order valence-electron chi connectivity index (χ3n) is 6.50. The smallest absolute Gasteiger partial charge is 0.387 e. The summed E-state index contributed by atoms with van der Waals surface area (Å²) in [6, 6.07) is 6.94. The third kappa shape index (κ3) is 4.37. The van der Waals surface area contributed by atoms with Gasteiger partial charge in [0.2, 0.25) is 0 Å². The largest absolute Gasteiger partial charge is 0.469 e. The maximum Gasteiger partial charge on any atom is 0.387 e. The van der Waals surface area contributed by atoms with Crippen LogP contribution in [0.15, 0.2) is 24.3 Å². The molecule has 2 aliphatic heterocycles. The van der Waals surface area contributed by atoms with Crippen molar-refractivity contribution in [2.75, 3.05) is 31.8 Å². The van der Waals surface area contributed by atoms with E-state index in [0.717, 1.165) is 46.9 Å². The van der Waals surface area contributed by atoms with Crippen molar-refractivity contribution in [1.82, 2.24) is 9.78 Å². The highest BCUT2D eigenvalue weighted by Gasteiger charge is 2.50. The van der Waals surface area contributed by atoms with E-state index in [1.165, 1.54) is 13.2 Å². The summed E-state index contributed by atoms with van der Waals surface area (Å²) in [6.07, 6.45) is 2.92. The van der Waals surface area contributed by atoms with E-state index < -0.39 is 6.61 Å². The van der Waals surface area contributed by atoms with Crippen molar-refractivity contribution in [3.63, 3.8) is 0 Å². The van der Waals surface area contributed by atoms with E-state index in [9.17, 15) is 13.6 Å². The molecule has 3 aliphatic rings. The predicted octanol–water partition coefficient (Wildman–Crippen LogP) is 4.87. The maximum atomic E-state index is 12.9. The number of hydrogen-bond donors (Lipinski definition) is 0. The molecular formula is C23H26F2N2O4S2. The highest BCUT2D eigenvalue weighted by Crippen LogP contribution is 2.61. The molecule has 2 fully saturated rings. The number of rotatable bonds is 5. The first-order chi connectivity index (χ1) is 16.0. The van der Waals surface area contributed by atoms with Crippen LogP contribution in [0.25, 0.3) is 11.3 Å².